The van der Waals surface area contributed by atoms with Crippen LogP contribution in [0.25, 0.3) is 0 Å². The second kappa shape index (κ2) is 5.59. The van der Waals surface area contributed by atoms with Gasteiger partial charge in [0.05, 0.1) is 4.99 Å². The molecule has 7 heteroatoms. The molecule has 0 fully saturated rings. The number of hydrogen-bond donors (Lipinski definition) is 2. The van der Waals surface area contributed by atoms with E-state index in [1.807, 2.05) is 19.0 Å². The highest BCUT2D eigenvalue weighted by atomic mass is 32.2. The molecule has 3 N–H and O–H groups in total. The van der Waals surface area contributed by atoms with Crippen molar-refractivity contribution in [3.05, 3.63) is 0 Å². The first kappa shape index (κ1) is 13.8. The summed E-state index contributed by atoms with van der Waals surface area (Å²) in [5.74, 6) is 0. The molecule has 0 spiro atoms. The first-order valence-corrected chi connectivity index (χ1v) is 6.15. The SMILES string of the molecule is CC(C(N)=S)S(=O)(=O)NCCN(C)C. The predicted octanol–water partition coefficient (Wildman–Crippen LogP) is -0.858. The number of thiocarbonyl (C=S) groups is 1. The fraction of sp³-hybridized carbons (Fsp3) is 0.857. The lowest BCUT2D eigenvalue weighted by Gasteiger charge is -2.14. The summed E-state index contributed by atoms with van der Waals surface area (Å²) < 4.78 is 25.3. The van der Waals surface area contributed by atoms with Crippen molar-refractivity contribution in [1.82, 2.24) is 9.62 Å². The highest BCUT2D eigenvalue weighted by molar-refractivity contribution is 7.93. The van der Waals surface area contributed by atoms with E-state index in [1.54, 1.807) is 0 Å². The zero-order chi connectivity index (χ0) is 11.4. The maximum Gasteiger partial charge on any atom is 0.220 e. The van der Waals surface area contributed by atoms with Gasteiger partial charge in [-0.05, 0) is 21.0 Å². The molecule has 0 saturated carbocycles. The van der Waals surface area contributed by atoms with Crippen LogP contribution in [-0.2, 0) is 10.0 Å². The number of rotatable bonds is 6. The van der Waals surface area contributed by atoms with Crippen LogP contribution in [0.1, 0.15) is 6.92 Å². The summed E-state index contributed by atoms with van der Waals surface area (Å²) in [7, 11) is 0.335. The van der Waals surface area contributed by atoms with E-state index in [4.69, 9.17) is 5.73 Å². The Labute approximate surface area is 90.7 Å². The Morgan fingerprint density at radius 2 is 2.07 bits per heavy atom. The van der Waals surface area contributed by atoms with Crippen LogP contribution < -0.4 is 10.5 Å². The summed E-state index contributed by atoms with van der Waals surface area (Å²) in [6, 6.07) is 0. The van der Waals surface area contributed by atoms with Crippen LogP contribution in [0, 0.1) is 0 Å². The average Bonchev–Trinajstić information content (AvgIpc) is 2.01. The lowest BCUT2D eigenvalue weighted by molar-refractivity contribution is 0.412. The molecule has 0 aromatic rings. The molecule has 1 atom stereocenters. The Kier molecular flexibility index (Phi) is 5.50. The van der Waals surface area contributed by atoms with E-state index >= 15 is 0 Å². The van der Waals surface area contributed by atoms with Crippen LogP contribution in [0.3, 0.4) is 0 Å². The van der Waals surface area contributed by atoms with Crippen molar-refractivity contribution in [3.63, 3.8) is 0 Å². The van der Waals surface area contributed by atoms with Gasteiger partial charge in [0.25, 0.3) is 0 Å². The first-order chi connectivity index (χ1) is 6.27. The quantitative estimate of drug-likeness (QED) is 0.590. The summed E-state index contributed by atoms with van der Waals surface area (Å²) in [6.45, 7) is 2.48. The maximum atomic E-state index is 11.5. The van der Waals surface area contributed by atoms with Crippen LogP contribution in [0.4, 0.5) is 0 Å². The molecule has 0 aliphatic heterocycles. The van der Waals surface area contributed by atoms with Crippen molar-refractivity contribution in [3.8, 4) is 0 Å². The molecule has 5 nitrogen and oxygen atoms in total. The van der Waals surface area contributed by atoms with Gasteiger partial charge in [-0.25, -0.2) is 13.1 Å². The molecule has 1 unspecified atom stereocenters. The summed E-state index contributed by atoms with van der Waals surface area (Å²) in [4.78, 5) is 1.87. The fourth-order valence-corrected chi connectivity index (χ4v) is 2.00. The molecule has 0 aromatic carbocycles. The topological polar surface area (TPSA) is 75.4 Å². The number of sulfonamides is 1. The Bertz CT molecular complexity index is 287. The van der Waals surface area contributed by atoms with E-state index in [-0.39, 0.29) is 4.99 Å². The highest BCUT2D eigenvalue weighted by Gasteiger charge is 2.22. The summed E-state index contributed by atoms with van der Waals surface area (Å²) >= 11 is 4.62. The number of nitrogens with zero attached hydrogens (tertiary/aromatic N) is 1. The van der Waals surface area contributed by atoms with Gasteiger partial charge in [0, 0.05) is 13.1 Å². The third-order valence-corrected chi connectivity index (χ3v) is 4.02. The average molecular weight is 239 g/mol. The predicted molar refractivity (Wildman–Crippen MR) is 61.7 cm³/mol. The number of nitrogens with one attached hydrogen (secondary N) is 1. The monoisotopic (exact) mass is 239 g/mol. The summed E-state index contributed by atoms with van der Waals surface area (Å²) in [6.07, 6.45) is 0. The van der Waals surface area contributed by atoms with Gasteiger partial charge in [-0.3, -0.25) is 0 Å². The van der Waals surface area contributed by atoms with Gasteiger partial charge < -0.3 is 10.6 Å². The molecule has 0 heterocycles. The number of likely N-dealkylation sites (N-methyl/N-ethyl adjacent to an activating group) is 1. The third-order valence-electron chi connectivity index (χ3n) is 1.73. The van der Waals surface area contributed by atoms with Gasteiger partial charge in [-0.2, -0.15) is 0 Å². The van der Waals surface area contributed by atoms with Gasteiger partial charge in [-0.1, -0.05) is 12.2 Å². The van der Waals surface area contributed by atoms with Crippen LogP contribution in [-0.4, -0.2) is 50.7 Å². The molecule has 0 aliphatic rings. The molecule has 14 heavy (non-hydrogen) atoms. The van der Waals surface area contributed by atoms with E-state index in [2.05, 4.69) is 16.9 Å². The van der Waals surface area contributed by atoms with Crippen LogP contribution in [0.2, 0.25) is 0 Å². The Balaban J connectivity index is 4.16. The summed E-state index contributed by atoms with van der Waals surface area (Å²) in [5.41, 5.74) is 5.26. The Morgan fingerprint density at radius 3 is 2.43 bits per heavy atom. The van der Waals surface area contributed by atoms with Crippen molar-refractivity contribution in [1.29, 1.82) is 0 Å². The molecule has 0 bridgehead atoms. The van der Waals surface area contributed by atoms with E-state index in [0.717, 1.165) is 0 Å². The number of nitrogens with two attached hydrogens (primary N) is 1. The molecule has 0 amide bonds. The van der Waals surface area contributed by atoms with Gasteiger partial charge >= 0.3 is 0 Å². The van der Waals surface area contributed by atoms with Crippen molar-refractivity contribution in [2.75, 3.05) is 27.2 Å². The minimum Gasteiger partial charge on any atom is -0.392 e. The third kappa shape index (κ3) is 4.85. The molecule has 0 radical (unpaired) electrons. The van der Waals surface area contributed by atoms with Crippen LogP contribution >= 0.6 is 12.2 Å². The maximum absolute atomic E-state index is 11.5. The Morgan fingerprint density at radius 1 is 1.57 bits per heavy atom. The molecule has 0 saturated heterocycles. The minimum absolute atomic E-state index is 0.0117. The first-order valence-electron chi connectivity index (χ1n) is 4.20. The lowest BCUT2D eigenvalue weighted by atomic mass is 10.5. The van der Waals surface area contributed by atoms with Crippen molar-refractivity contribution < 1.29 is 8.42 Å². The molecular weight excluding hydrogens is 222 g/mol. The van der Waals surface area contributed by atoms with Crippen molar-refractivity contribution >= 4 is 27.2 Å². The Hall–Kier alpha value is -0.240. The molecule has 0 aromatic heterocycles. The number of hydrogen-bond acceptors (Lipinski definition) is 4. The van der Waals surface area contributed by atoms with Crippen molar-refractivity contribution in [2.45, 2.75) is 12.2 Å². The second-order valence-electron chi connectivity index (χ2n) is 3.29. The normalized spacial score (nSPS) is 14.3. The largest absolute Gasteiger partial charge is 0.392 e. The molecule has 0 rings (SSSR count). The highest BCUT2D eigenvalue weighted by Crippen LogP contribution is 1.97. The van der Waals surface area contributed by atoms with Gasteiger partial charge in [0.15, 0.2) is 0 Å². The second-order valence-corrected chi connectivity index (χ2v) is 5.84. The lowest BCUT2D eigenvalue weighted by Crippen LogP contribution is -2.42. The zero-order valence-corrected chi connectivity index (χ0v) is 10.3. The van der Waals surface area contributed by atoms with Crippen LogP contribution in [0.15, 0.2) is 0 Å². The minimum atomic E-state index is -3.40. The van der Waals surface area contributed by atoms with Crippen molar-refractivity contribution in [2.24, 2.45) is 5.73 Å². The van der Waals surface area contributed by atoms with Gasteiger partial charge in [-0.15, -0.1) is 0 Å². The van der Waals surface area contributed by atoms with Crippen LogP contribution in [0.5, 0.6) is 0 Å². The summed E-state index contributed by atoms with van der Waals surface area (Å²) in [5, 5.41) is -0.820. The molecule has 84 valence electrons. The molecule has 0 aliphatic carbocycles. The van der Waals surface area contributed by atoms with E-state index < -0.39 is 15.3 Å². The van der Waals surface area contributed by atoms with Gasteiger partial charge in [0.2, 0.25) is 10.0 Å². The smallest absolute Gasteiger partial charge is 0.220 e. The zero-order valence-electron chi connectivity index (χ0n) is 8.65. The van der Waals surface area contributed by atoms with E-state index in [9.17, 15) is 8.42 Å². The van der Waals surface area contributed by atoms with E-state index in [1.165, 1.54) is 6.92 Å². The molecular formula is C7H17N3O2S2. The fourth-order valence-electron chi connectivity index (χ4n) is 0.689. The standard InChI is InChI=1S/C7H17N3O2S2/c1-6(7(8)13)14(11,12)9-4-5-10(2)3/h6,9H,4-5H2,1-3H3,(H2,8,13). The van der Waals surface area contributed by atoms with E-state index in [0.29, 0.717) is 13.1 Å². The van der Waals surface area contributed by atoms with Gasteiger partial charge in [0.1, 0.15) is 5.25 Å².